The fourth-order valence-corrected chi connectivity index (χ4v) is 5.25. The molecule has 0 saturated carbocycles. The van der Waals surface area contributed by atoms with Gasteiger partial charge in [0, 0.05) is 34.9 Å². The van der Waals surface area contributed by atoms with E-state index in [1.807, 2.05) is 30.3 Å². The van der Waals surface area contributed by atoms with E-state index in [4.69, 9.17) is 11.0 Å². The van der Waals surface area contributed by atoms with Crippen molar-refractivity contribution in [3.63, 3.8) is 0 Å². The van der Waals surface area contributed by atoms with Crippen molar-refractivity contribution in [3.8, 4) is 22.4 Å². The molecule has 0 aliphatic heterocycles. The van der Waals surface area contributed by atoms with Crippen molar-refractivity contribution in [3.05, 3.63) is 94.5 Å². The second-order valence-corrected chi connectivity index (χ2v) is 10.0. The predicted molar refractivity (Wildman–Crippen MR) is 145 cm³/mol. The van der Waals surface area contributed by atoms with E-state index in [0.717, 1.165) is 50.7 Å². The first kappa shape index (κ1) is 22.9. The molecule has 0 spiro atoms. The van der Waals surface area contributed by atoms with E-state index in [-0.39, 0.29) is 0 Å². The van der Waals surface area contributed by atoms with Crippen LogP contribution in [0.3, 0.4) is 0 Å². The third kappa shape index (κ3) is 3.80. The highest BCUT2D eigenvalue weighted by atomic mass is 16.3. The molecule has 0 unspecified atom stereocenters. The number of hydrogen-bond acceptors (Lipinski definition) is 1. The van der Waals surface area contributed by atoms with E-state index in [0.29, 0.717) is 11.6 Å². The van der Waals surface area contributed by atoms with Gasteiger partial charge in [-0.25, -0.2) is 4.85 Å². The van der Waals surface area contributed by atoms with Gasteiger partial charge in [-0.3, -0.25) is 0 Å². The summed E-state index contributed by atoms with van der Waals surface area (Å²) in [6.07, 6.45) is 1.07. The third-order valence-electron chi connectivity index (χ3n) is 7.15. The van der Waals surface area contributed by atoms with Crippen LogP contribution >= 0.6 is 0 Å². The van der Waals surface area contributed by atoms with E-state index in [9.17, 15) is 0 Å². The van der Waals surface area contributed by atoms with E-state index in [2.05, 4.69) is 81.4 Å². The molecule has 174 valence electrons. The maximum absolute atomic E-state index is 7.68. The maximum Gasteiger partial charge on any atom is 0.216 e. The SMILES string of the molecule is [C-]#[N+]c1cc(-c2ccccc2)c2oc3c(-c4cc(C)c(CC(C)C)c(C)[n+]4C)c(C)ccc3c2c1. The minimum Gasteiger partial charge on any atom is -0.455 e. The van der Waals surface area contributed by atoms with E-state index in [1.54, 1.807) is 0 Å². The quantitative estimate of drug-likeness (QED) is 0.195. The average Bonchev–Trinajstić information content (AvgIpc) is 3.22. The predicted octanol–water partition coefficient (Wildman–Crippen LogP) is 8.42. The van der Waals surface area contributed by atoms with Crippen molar-refractivity contribution in [2.24, 2.45) is 13.0 Å². The molecule has 5 rings (SSSR count). The summed E-state index contributed by atoms with van der Waals surface area (Å²) in [7, 11) is 2.15. The molecule has 0 saturated heterocycles. The Balaban J connectivity index is 1.85. The van der Waals surface area contributed by atoms with E-state index >= 15 is 0 Å². The highest BCUT2D eigenvalue weighted by Crippen LogP contribution is 2.42. The van der Waals surface area contributed by atoms with Crippen molar-refractivity contribution in [1.82, 2.24) is 0 Å². The average molecular weight is 460 g/mol. The number of nitrogens with zero attached hydrogens (tertiary/aromatic N) is 2. The molecule has 3 heteroatoms. The number of rotatable bonds is 4. The van der Waals surface area contributed by atoms with Crippen LogP contribution in [0.4, 0.5) is 5.69 Å². The number of aromatic nitrogens is 1. The number of benzene rings is 3. The Labute approximate surface area is 207 Å². The number of fused-ring (bicyclic) bond motifs is 3. The lowest BCUT2D eigenvalue weighted by Crippen LogP contribution is -2.37. The van der Waals surface area contributed by atoms with Gasteiger partial charge in [0.2, 0.25) is 5.69 Å². The normalized spacial score (nSPS) is 11.5. The minimum absolute atomic E-state index is 0.604. The first-order valence-corrected chi connectivity index (χ1v) is 12.2. The van der Waals surface area contributed by atoms with Crippen molar-refractivity contribution >= 4 is 27.6 Å². The number of pyridine rings is 1. The van der Waals surface area contributed by atoms with Crippen LogP contribution in [0, 0.1) is 33.3 Å². The van der Waals surface area contributed by atoms with Crippen LogP contribution in [-0.4, -0.2) is 0 Å². The highest BCUT2D eigenvalue weighted by molar-refractivity contribution is 6.14. The molecule has 2 aromatic heterocycles. The number of furan rings is 1. The summed E-state index contributed by atoms with van der Waals surface area (Å²) in [6.45, 7) is 18.8. The Bertz CT molecular complexity index is 1630. The molecule has 0 N–H and O–H groups in total. The van der Waals surface area contributed by atoms with Crippen molar-refractivity contribution in [1.29, 1.82) is 0 Å². The van der Waals surface area contributed by atoms with Crippen LogP contribution < -0.4 is 4.57 Å². The summed E-state index contributed by atoms with van der Waals surface area (Å²) in [5, 5.41) is 2.03. The van der Waals surface area contributed by atoms with Crippen LogP contribution in [0.15, 0.2) is 65.1 Å². The molecule has 0 aliphatic carbocycles. The summed E-state index contributed by atoms with van der Waals surface area (Å²) < 4.78 is 9.03. The van der Waals surface area contributed by atoms with Gasteiger partial charge in [0.05, 0.1) is 12.1 Å². The highest BCUT2D eigenvalue weighted by Gasteiger charge is 2.25. The van der Waals surface area contributed by atoms with Gasteiger partial charge in [0.25, 0.3) is 0 Å². The van der Waals surface area contributed by atoms with E-state index in [1.165, 1.54) is 22.4 Å². The molecule has 0 amide bonds. The van der Waals surface area contributed by atoms with Crippen LogP contribution in [0.25, 0.3) is 49.2 Å². The van der Waals surface area contributed by atoms with Gasteiger partial charge < -0.3 is 4.42 Å². The van der Waals surface area contributed by atoms with Gasteiger partial charge in [-0.15, -0.1) is 0 Å². The molecule has 2 heterocycles. The van der Waals surface area contributed by atoms with Gasteiger partial charge >= 0.3 is 0 Å². The van der Waals surface area contributed by atoms with Crippen LogP contribution in [0.5, 0.6) is 0 Å². The molecule has 0 bridgehead atoms. The van der Waals surface area contributed by atoms with E-state index < -0.39 is 0 Å². The molecule has 35 heavy (non-hydrogen) atoms. The first-order chi connectivity index (χ1) is 16.8. The molecule has 5 aromatic rings. The Morgan fingerprint density at radius 1 is 0.886 bits per heavy atom. The second-order valence-electron chi connectivity index (χ2n) is 10.0. The van der Waals surface area contributed by atoms with Crippen molar-refractivity contribution in [2.75, 3.05) is 0 Å². The van der Waals surface area contributed by atoms with Crippen LogP contribution in [-0.2, 0) is 13.5 Å². The number of aryl methyl sites for hydroxylation is 2. The molecule has 0 aliphatic rings. The monoisotopic (exact) mass is 459 g/mol. The molecule has 0 radical (unpaired) electrons. The fraction of sp³-hybridized carbons (Fsp3) is 0.250. The van der Waals surface area contributed by atoms with Gasteiger partial charge in [-0.2, -0.15) is 4.57 Å². The molecular weight excluding hydrogens is 428 g/mol. The van der Waals surface area contributed by atoms with Crippen molar-refractivity contribution < 1.29 is 8.98 Å². The zero-order chi connectivity index (χ0) is 24.9. The van der Waals surface area contributed by atoms with Crippen LogP contribution in [0.2, 0.25) is 0 Å². The molecule has 3 aromatic carbocycles. The molecule has 0 atom stereocenters. The summed E-state index contributed by atoms with van der Waals surface area (Å²) in [5.74, 6) is 0.604. The zero-order valence-electron chi connectivity index (χ0n) is 21.4. The summed E-state index contributed by atoms with van der Waals surface area (Å²) >= 11 is 0. The Hall–Kier alpha value is -3.90. The fourth-order valence-electron chi connectivity index (χ4n) is 5.25. The smallest absolute Gasteiger partial charge is 0.216 e. The zero-order valence-corrected chi connectivity index (χ0v) is 21.4. The summed E-state index contributed by atoms with van der Waals surface area (Å²) in [5.41, 5.74) is 11.8. The van der Waals surface area contributed by atoms with Gasteiger partial charge in [0.15, 0.2) is 11.4 Å². The lowest BCUT2D eigenvalue weighted by Gasteiger charge is -2.14. The summed E-state index contributed by atoms with van der Waals surface area (Å²) in [4.78, 5) is 3.77. The van der Waals surface area contributed by atoms with Gasteiger partial charge in [-0.1, -0.05) is 56.3 Å². The lowest BCUT2D eigenvalue weighted by molar-refractivity contribution is -0.667. The molecule has 3 nitrogen and oxygen atoms in total. The molecular formula is C32H31N2O+. The first-order valence-electron chi connectivity index (χ1n) is 12.2. The standard InChI is InChI=1S/C32H31N2O/c1-19(2)15-26-21(4)16-29(34(7)22(26)5)30-20(3)13-14-25-28-18-24(33-6)17-27(31(28)35-32(25)30)23-11-9-8-10-12-23/h8-14,16-19H,15H2,1-5,7H3/q+1. The largest absolute Gasteiger partial charge is 0.455 e. The lowest BCUT2D eigenvalue weighted by atomic mass is 9.93. The molecule has 0 fully saturated rings. The Morgan fingerprint density at radius 2 is 1.63 bits per heavy atom. The maximum atomic E-state index is 7.68. The van der Waals surface area contributed by atoms with Crippen molar-refractivity contribution in [2.45, 2.75) is 41.0 Å². The Kier molecular flexibility index (Phi) is 5.69. The minimum atomic E-state index is 0.604. The number of hydrogen-bond donors (Lipinski definition) is 0. The summed E-state index contributed by atoms with van der Waals surface area (Å²) in [6, 6.07) is 20.7. The Morgan fingerprint density at radius 3 is 2.31 bits per heavy atom. The second kappa shape index (κ2) is 8.71. The van der Waals surface area contributed by atoms with Gasteiger partial charge in [0.1, 0.15) is 18.2 Å². The third-order valence-corrected chi connectivity index (χ3v) is 7.15. The van der Waals surface area contributed by atoms with Gasteiger partial charge in [-0.05, 0) is 55.0 Å². The topological polar surface area (TPSA) is 21.4 Å². The van der Waals surface area contributed by atoms with Crippen LogP contribution in [0.1, 0.15) is 36.2 Å².